The minimum absolute atomic E-state index is 0.293. The van der Waals surface area contributed by atoms with Crippen LogP contribution in [0.1, 0.15) is 30.0 Å². The van der Waals surface area contributed by atoms with Crippen molar-refractivity contribution in [2.24, 2.45) is 0 Å². The molecule has 5 nitrogen and oxygen atoms in total. The van der Waals surface area contributed by atoms with Crippen LogP contribution < -0.4 is 0 Å². The zero-order valence-corrected chi connectivity index (χ0v) is 13.7. The Morgan fingerprint density at radius 3 is 2.74 bits per heavy atom. The molecule has 0 spiro atoms. The highest BCUT2D eigenvalue weighted by atomic mass is 35.5. The number of carbonyl (C=O) groups excluding carboxylic acids is 1. The van der Waals surface area contributed by atoms with Crippen molar-refractivity contribution in [1.29, 1.82) is 0 Å². The summed E-state index contributed by atoms with van der Waals surface area (Å²) >= 11 is 6.24. The van der Waals surface area contributed by atoms with Crippen molar-refractivity contribution in [2.75, 3.05) is 6.61 Å². The average molecular weight is 330 g/mol. The highest BCUT2D eigenvalue weighted by molar-refractivity contribution is 6.33. The van der Waals surface area contributed by atoms with Crippen LogP contribution in [0.2, 0.25) is 5.02 Å². The van der Waals surface area contributed by atoms with Gasteiger partial charge in [0.15, 0.2) is 11.3 Å². The number of halogens is 1. The Kier molecular flexibility index (Phi) is 4.30. The van der Waals surface area contributed by atoms with Gasteiger partial charge in [-0.15, -0.1) is 0 Å². The van der Waals surface area contributed by atoms with Crippen LogP contribution in [-0.2, 0) is 11.2 Å². The second-order valence-corrected chi connectivity index (χ2v) is 5.39. The van der Waals surface area contributed by atoms with Gasteiger partial charge in [0.25, 0.3) is 0 Å². The molecule has 0 saturated carbocycles. The van der Waals surface area contributed by atoms with Crippen LogP contribution in [0.25, 0.3) is 16.9 Å². The summed E-state index contributed by atoms with van der Waals surface area (Å²) in [6.07, 6.45) is 0.717. The summed E-state index contributed by atoms with van der Waals surface area (Å²) in [5.41, 5.74) is 3.33. The lowest BCUT2D eigenvalue weighted by molar-refractivity contribution is 0.0519. The van der Waals surface area contributed by atoms with Gasteiger partial charge in [-0.25, -0.2) is 14.3 Å². The maximum atomic E-state index is 12.0. The minimum Gasteiger partial charge on any atom is -0.461 e. The molecule has 0 bridgehead atoms. The molecular weight excluding hydrogens is 314 g/mol. The van der Waals surface area contributed by atoms with E-state index in [1.54, 1.807) is 17.5 Å². The average Bonchev–Trinajstić information content (AvgIpc) is 2.98. The Morgan fingerprint density at radius 2 is 2.04 bits per heavy atom. The quantitative estimate of drug-likeness (QED) is 0.683. The maximum absolute atomic E-state index is 12.0. The normalized spacial score (nSPS) is 10.9. The lowest BCUT2D eigenvalue weighted by Gasteiger charge is -2.05. The molecule has 0 aliphatic heterocycles. The molecule has 0 atom stereocenters. The highest BCUT2D eigenvalue weighted by Crippen LogP contribution is 2.27. The summed E-state index contributed by atoms with van der Waals surface area (Å²) < 4.78 is 6.77. The van der Waals surface area contributed by atoms with Gasteiger partial charge in [-0.05, 0) is 25.5 Å². The fraction of sp³-hybridized carbons (Fsp3) is 0.235. The molecule has 118 valence electrons. The van der Waals surface area contributed by atoms with Crippen molar-refractivity contribution < 1.29 is 9.53 Å². The molecular formula is C17H16ClN3O2. The van der Waals surface area contributed by atoms with Gasteiger partial charge in [0.2, 0.25) is 0 Å². The predicted molar refractivity (Wildman–Crippen MR) is 88.8 cm³/mol. The first-order chi connectivity index (χ1) is 11.1. The van der Waals surface area contributed by atoms with Crippen LogP contribution in [0.4, 0.5) is 0 Å². The number of hydrogen-bond donors (Lipinski definition) is 0. The summed E-state index contributed by atoms with van der Waals surface area (Å²) in [6, 6.07) is 11.0. The molecule has 2 heterocycles. The molecule has 1 aromatic carbocycles. The maximum Gasteiger partial charge on any atom is 0.357 e. The summed E-state index contributed by atoms with van der Waals surface area (Å²) in [5.74, 6) is -0.426. The van der Waals surface area contributed by atoms with E-state index in [1.165, 1.54) is 0 Å². The van der Waals surface area contributed by atoms with Gasteiger partial charge in [-0.1, -0.05) is 36.7 Å². The number of ether oxygens (including phenoxy) is 1. The molecule has 2 aromatic heterocycles. The third kappa shape index (κ3) is 2.92. The van der Waals surface area contributed by atoms with Crippen molar-refractivity contribution >= 4 is 23.2 Å². The van der Waals surface area contributed by atoms with Crippen LogP contribution in [0.15, 0.2) is 36.4 Å². The van der Waals surface area contributed by atoms with Gasteiger partial charge in [0, 0.05) is 17.3 Å². The number of hydrogen-bond acceptors (Lipinski definition) is 4. The van der Waals surface area contributed by atoms with Gasteiger partial charge in [-0.2, -0.15) is 5.10 Å². The van der Waals surface area contributed by atoms with E-state index >= 15 is 0 Å². The lowest BCUT2D eigenvalue weighted by Crippen LogP contribution is -2.10. The van der Waals surface area contributed by atoms with Crippen LogP contribution in [-0.4, -0.2) is 27.2 Å². The van der Waals surface area contributed by atoms with Gasteiger partial charge >= 0.3 is 5.97 Å². The molecule has 0 amide bonds. The predicted octanol–water partition coefficient (Wildman–Crippen LogP) is 3.79. The molecule has 0 fully saturated rings. The monoisotopic (exact) mass is 329 g/mol. The number of nitrogens with zero attached hydrogens (tertiary/aromatic N) is 3. The summed E-state index contributed by atoms with van der Waals surface area (Å²) in [6.45, 7) is 4.09. The zero-order chi connectivity index (χ0) is 16.4. The van der Waals surface area contributed by atoms with Gasteiger partial charge in [0.05, 0.1) is 17.3 Å². The largest absolute Gasteiger partial charge is 0.461 e. The van der Waals surface area contributed by atoms with E-state index in [-0.39, 0.29) is 0 Å². The van der Waals surface area contributed by atoms with E-state index in [4.69, 9.17) is 16.3 Å². The molecule has 0 radical (unpaired) electrons. The molecule has 0 unspecified atom stereocenters. The Hall–Kier alpha value is -2.40. The van der Waals surface area contributed by atoms with E-state index in [0.29, 0.717) is 23.0 Å². The third-order valence-electron chi connectivity index (χ3n) is 3.50. The molecule has 3 rings (SSSR count). The second-order valence-electron chi connectivity index (χ2n) is 4.99. The number of aromatic nitrogens is 3. The number of benzene rings is 1. The molecule has 0 aliphatic carbocycles. The number of esters is 1. The smallest absolute Gasteiger partial charge is 0.357 e. The van der Waals surface area contributed by atoms with Crippen LogP contribution in [0, 0.1) is 0 Å². The standard InChI is InChI=1S/C17H16ClN3O2/c1-3-11-9-15(17(22)23-4-2)19-16-10-14(20-21(11)16)12-7-5-6-8-13(12)18/h5-10H,3-4H2,1-2H3. The lowest BCUT2D eigenvalue weighted by atomic mass is 10.1. The molecule has 6 heteroatoms. The summed E-state index contributed by atoms with van der Waals surface area (Å²) in [4.78, 5) is 16.3. The van der Waals surface area contributed by atoms with Crippen molar-refractivity contribution in [3.05, 3.63) is 52.8 Å². The Labute approximate surface area is 138 Å². The first-order valence-corrected chi connectivity index (χ1v) is 7.83. The van der Waals surface area contributed by atoms with Crippen LogP contribution in [0.5, 0.6) is 0 Å². The first kappa shape index (κ1) is 15.5. The number of carbonyl (C=O) groups is 1. The molecule has 3 aromatic rings. The molecule has 23 heavy (non-hydrogen) atoms. The Balaban J connectivity index is 2.15. The zero-order valence-electron chi connectivity index (χ0n) is 12.9. The number of fused-ring (bicyclic) bond motifs is 1. The fourth-order valence-electron chi connectivity index (χ4n) is 2.40. The van der Waals surface area contributed by atoms with Gasteiger partial charge in [-0.3, -0.25) is 0 Å². The van der Waals surface area contributed by atoms with E-state index in [0.717, 1.165) is 23.4 Å². The van der Waals surface area contributed by atoms with Crippen LogP contribution in [0.3, 0.4) is 0 Å². The van der Waals surface area contributed by atoms with E-state index < -0.39 is 5.97 Å². The highest BCUT2D eigenvalue weighted by Gasteiger charge is 2.15. The van der Waals surface area contributed by atoms with Crippen molar-refractivity contribution in [1.82, 2.24) is 14.6 Å². The number of rotatable bonds is 4. The second kappa shape index (κ2) is 6.38. The van der Waals surface area contributed by atoms with E-state index in [2.05, 4.69) is 10.1 Å². The van der Waals surface area contributed by atoms with Crippen molar-refractivity contribution in [2.45, 2.75) is 20.3 Å². The molecule has 0 saturated heterocycles. The Morgan fingerprint density at radius 1 is 1.26 bits per heavy atom. The molecule has 0 aliphatic rings. The summed E-state index contributed by atoms with van der Waals surface area (Å²) in [5, 5.41) is 5.20. The summed E-state index contributed by atoms with van der Waals surface area (Å²) in [7, 11) is 0. The minimum atomic E-state index is -0.426. The van der Waals surface area contributed by atoms with Crippen molar-refractivity contribution in [3.63, 3.8) is 0 Å². The van der Waals surface area contributed by atoms with E-state index in [1.807, 2.05) is 37.3 Å². The topological polar surface area (TPSA) is 56.5 Å². The van der Waals surface area contributed by atoms with Gasteiger partial charge in [0.1, 0.15) is 0 Å². The Bertz CT molecular complexity index is 873. The molecule has 0 N–H and O–H groups in total. The SMILES string of the molecule is CCOC(=O)c1cc(CC)n2nc(-c3ccccc3Cl)cc2n1. The van der Waals surface area contributed by atoms with Gasteiger partial charge < -0.3 is 4.74 Å². The third-order valence-corrected chi connectivity index (χ3v) is 3.83. The van der Waals surface area contributed by atoms with Crippen molar-refractivity contribution in [3.8, 4) is 11.3 Å². The van der Waals surface area contributed by atoms with Crippen LogP contribution >= 0.6 is 11.6 Å². The number of aryl methyl sites for hydroxylation is 1. The first-order valence-electron chi connectivity index (χ1n) is 7.45. The van der Waals surface area contributed by atoms with E-state index in [9.17, 15) is 4.79 Å². The fourth-order valence-corrected chi connectivity index (χ4v) is 2.63.